The van der Waals surface area contributed by atoms with Crippen LogP contribution in [0.4, 0.5) is 13.2 Å². The van der Waals surface area contributed by atoms with Crippen LogP contribution in [0.15, 0.2) is 40.8 Å². The van der Waals surface area contributed by atoms with Gasteiger partial charge < -0.3 is 14.1 Å². The number of ketones is 1. The summed E-state index contributed by atoms with van der Waals surface area (Å²) in [6.07, 6.45) is -3.24. The van der Waals surface area contributed by atoms with Gasteiger partial charge in [0, 0.05) is 30.6 Å². The Morgan fingerprint density at radius 3 is 2.44 bits per heavy atom. The number of amides is 1. The van der Waals surface area contributed by atoms with Crippen LogP contribution in [0.5, 0.6) is 5.95 Å². The number of piperidine rings is 1. The van der Waals surface area contributed by atoms with Gasteiger partial charge in [0.25, 0.3) is 11.9 Å². The van der Waals surface area contributed by atoms with Crippen molar-refractivity contribution in [3.05, 3.63) is 53.3 Å². The lowest BCUT2D eigenvalue weighted by Gasteiger charge is -2.31. The first-order valence-corrected chi connectivity index (χ1v) is 8.44. The molecule has 0 saturated carbocycles. The highest BCUT2D eigenvalue weighted by Gasteiger charge is 2.32. The molecule has 3 rings (SSSR count). The molecule has 5 nitrogen and oxygen atoms in total. The molecule has 0 spiro atoms. The quantitative estimate of drug-likeness (QED) is 0.750. The molecule has 1 unspecified atom stereocenters. The van der Waals surface area contributed by atoms with Crippen LogP contribution < -0.4 is 4.74 Å². The predicted octanol–water partition coefficient (Wildman–Crippen LogP) is 4.04. The summed E-state index contributed by atoms with van der Waals surface area (Å²) in [6, 6.07) is 7.19. The van der Waals surface area contributed by atoms with E-state index in [1.54, 1.807) is 0 Å². The number of nitrogens with zero attached hydrogens (tertiary/aromatic N) is 1. The zero-order valence-corrected chi connectivity index (χ0v) is 14.6. The Morgan fingerprint density at radius 2 is 1.85 bits per heavy atom. The number of halogens is 3. The van der Waals surface area contributed by atoms with Gasteiger partial charge in [0.15, 0.2) is 11.5 Å². The van der Waals surface area contributed by atoms with Crippen molar-refractivity contribution in [1.29, 1.82) is 0 Å². The molecule has 1 aromatic heterocycles. The molecule has 1 atom stereocenters. The average molecular weight is 381 g/mol. The number of Topliss-reactive ketones (excluding diaryl/α,β-unsaturated/α-hetero) is 1. The number of ether oxygens (including phenoxy) is 1. The van der Waals surface area contributed by atoms with Crippen LogP contribution in [-0.2, 0) is 6.18 Å². The Bertz CT molecular complexity index is 826. The van der Waals surface area contributed by atoms with E-state index >= 15 is 0 Å². The first kappa shape index (κ1) is 19.0. The first-order chi connectivity index (χ1) is 12.8. The van der Waals surface area contributed by atoms with Crippen LogP contribution in [0.3, 0.4) is 0 Å². The van der Waals surface area contributed by atoms with Gasteiger partial charge in [-0.3, -0.25) is 9.59 Å². The number of hydrogen-bond acceptors (Lipinski definition) is 4. The summed E-state index contributed by atoms with van der Waals surface area (Å²) in [7, 11) is 1.42. The van der Waals surface area contributed by atoms with E-state index in [1.807, 2.05) is 0 Å². The number of alkyl halides is 3. The highest BCUT2D eigenvalue weighted by molar-refractivity contribution is 5.99. The third-order valence-electron chi connectivity index (χ3n) is 4.57. The topological polar surface area (TPSA) is 59.8 Å². The van der Waals surface area contributed by atoms with Gasteiger partial charge in [-0.25, -0.2) is 0 Å². The molecule has 1 amide bonds. The average Bonchev–Trinajstić information content (AvgIpc) is 3.15. The Morgan fingerprint density at radius 1 is 1.15 bits per heavy atom. The second kappa shape index (κ2) is 7.46. The van der Waals surface area contributed by atoms with E-state index in [0.29, 0.717) is 19.4 Å². The Hall–Kier alpha value is -2.77. The maximum Gasteiger partial charge on any atom is 0.416 e. The van der Waals surface area contributed by atoms with Gasteiger partial charge in [-0.05, 0) is 31.0 Å². The van der Waals surface area contributed by atoms with E-state index in [9.17, 15) is 22.8 Å². The molecule has 27 heavy (non-hydrogen) atoms. The minimum Gasteiger partial charge on any atom is -0.468 e. The number of hydrogen-bond donors (Lipinski definition) is 0. The maximum absolute atomic E-state index is 12.7. The highest BCUT2D eigenvalue weighted by Crippen LogP contribution is 2.30. The molecule has 144 valence electrons. The van der Waals surface area contributed by atoms with Crippen LogP contribution in [0.2, 0.25) is 0 Å². The molecule has 0 aliphatic carbocycles. The third kappa shape index (κ3) is 4.15. The Balaban J connectivity index is 1.70. The molecule has 2 heterocycles. The van der Waals surface area contributed by atoms with Crippen LogP contribution in [0, 0.1) is 5.92 Å². The van der Waals surface area contributed by atoms with Crippen molar-refractivity contribution < 1.29 is 31.9 Å². The summed E-state index contributed by atoms with van der Waals surface area (Å²) in [5.41, 5.74) is -0.590. The number of rotatable bonds is 4. The fourth-order valence-corrected chi connectivity index (χ4v) is 3.14. The summed E-state index contributed by atoms with van der Waals surface area (Å²) in [5, 5.41) is 0. The zero-order chi connectivity index (χ0) is 19.6. The van der Waals surface area contributed by atoms with Crippen LogP contribution >= 0.6 is 0 Å². The molecule has 1 fully saturated rings. The number of carbonyl (C=O) groups excluding carboxylic acids is 2. The van der Waals surface area contributed by atoms with Gasteiger partial charge in [-0.1, -0.05) is 12.1 Å². The predicted molar refractivity (Wildman–Crippen MR) is 89.7 cm³/mol. The number of likely N-dealkylation sites (tertiary alicyclic amines) is 1. The van der Waals surface area contributed by atoms with Crippen molar-refractivity contribution in [1.82, 2.24) is 4.90 Å². The van der Waals surface area contributed by atoms with E-state index < -0.39 is 17.7 Å². The molecular formula is C19H18F3NO4. The van der Waals surface area contributed by atoms with E-state index in [0.717, 1.165) is 12.1 Å². The van der Waals surface area contributed by atoms with E-state index in [-0.39, 0.29) is 35.5 Å². The van der Waals surface area contributed by atoms with Gasteiger partial charge in [0.05, 0.1) is 12.7 Å². The maximum atomic E-state index is 12.7. The lowest BCUT2D eigenvalue weighted by atomic mass is 9.89. The Kier molecular flexibility index (Phi) is 5.25. The van der Waals surface area contributed by atoms with Gasteiger partial charge in [-0.2, -0.15) is 13.2 Å². The number of furan rings is 1. The fourth-order valence-electron chi connectivity index (χ4n) is 3.14. The minimum absolute atomic E-state index is 0.120. The second-order valence-corrected chi connectivity index (χ2v) is 6.35. The first-order valence-electron chi connectivity index (χ1n) is 8.44. The van der Waals surface area contributed by atoms with Crippen molar-refractivity contribution in [2.24, 2.45) is 5.92 Å². The molecule has 8 heteroatoms. The van der Waals surface area contributed by atoms with Crippen molar-refractivity contribution in [3.8, 4) is 5.95 Å². The molecular weight excluding hydrogens is 363 g/mol. The van der Waals surface area contributed by atoms with Gasteiger partial charge in [0.1, 0.15) is 0 Å². The van der Waals surface area contributed by atoms with Crippen molar-refractivity contribution in [3.63, 3.8) is 0 Å². The molecule has 1 aromatic carbocycles. The summed E-state index contributed by atoms with van der Waals surface area (Å²) < 4.78 is 48.2. The monoisotopic (exact) mass is 381 g/mol. The number of benzene rings is 1. The molecule has 0 bridgehead atoms. The lowest BCUT2D eigenvalue weighted by molar-refractivity contribution is -0.137. The van der Waals surface area contributed by atoms with E-state index in [4.69, 9.17) is 9.15 Å². The second-order valence-electron chi connectivity index (χ2n) is 6.35. The molecule has 0 radical (unpaired) electrons. The van der Waals surface area contributed by atoms with Crippen molar-refractivity contribution in [2.45, 2.75) is 19.0 Å². The van der Waals surface area contributed by atoms with Crippen molar-refractivity contribution >= 4 is 11.7 Å². The lowest BCUT2D eigenvalue weighted by Crippen LogP contribution is -2.42. The van der Waals surface area contributed by atoms with Crippen LogP contribution in [0.1, 0.15) is 39.3 Å². The van der Waals surface area contributed by atoms with Gasteiger partial charge in [-0.15, -0.1) is 0 Å². The summed E-state index contributed by atoms with van der Waals surface area (Å²) in [6.45, 7) is 0.681. The van der Waals surface area contributed by atoms with Gasteiger partial charge >= 0.3 is 6.18 Å². The van der Waals surface area contributed by atoms with Gasteiger partial charge in [0.2, 0.25) is 0 Å². The molecule has 0 N–H and O–H groups in total. The zero-order valence-electron chi connectivity index (χ0n) is 14.6. The van der Waals surface area contributed by atoms with Crippen molar-refractivity contribution in [2.75, 3.05) is 20.2 Å². The third-order valence-corrected chi connectivity index (χ3v) is 4.57. The molecule has 1 aliphatic rings. The minimum atomic E-state index is -4.44. The normalized spacial score (nSPS) is 17.6. The van der Waals surface area contributed by atoms with Crippen LogP contribution in [0.25, 0.3) is 0 Å². The van der Waals surface area contributed by atoms with E-state index in [2.05, 4.69) is 0 Å². The molecule has 2 aromatic rings. The smallest absolute Gasteiger partial charge is 0.416 e. The van der Waals surface area contributed by atoms with E-state index in [1.165, 1.54) is 36.3 Å². The fraction of sp³-hybridized carbons (Fsp3) is 0.368. The highest BCUT2D eigenvalue weighted by atomic mass is 19.4. The summed E-state index contributed by atoms with van der Waals surface area (Å²) >= 11 is 0. The number of carbonyl (C=O) groups is 2. The molecule has 1 saturated heterocycles. The van der Waals surface area contributed by atoms with Crippen LogP contribution in [-0.4, -0.2) is 36.8 Å². The standard InChI is InChI=1S/C19H18F3NO4/c1-26-16-9-8-15(27-16)18(25)23-10-2-3-13(11-23)17(24)12-4-6-14(7-5-12)19(20,21)22/h4-9,13H,2-3,10-11H2,1H3. The number of methoxy groups -OCH3 is 1. The Labute approximate surface area is 153 Å². The molecule has 1 aliphatic heterocycles. The SMILES string of the molecule is COc1ccc(C(=O)N2CCCC(C(=O)c3ccc(C(F)(F)F)cc3)C2)o1. The summed E-state index contributed by atoms with van der Waals surface area (Å²) in [5.74, 6) is -0.736. The largest absolute Gasteiger partial charge is 0.468 e. The summed E-state index contributed by atoms with van der Waals surface area (Å²) in [4.78, 5) is 26.7.